The summed E-state index contributed by atoms with van der Waals surface area (Å²) in [6, 6.07) is 13.3. The van der Waals surface area contributed by atoms with Gasteiger partial charge in [0.1, 0.15) is 5.82 Å². The van der Waals surface area contributed by atoms with Gasteiger partial charge in [-0.2, -0.15) is 0 Å². The molecule has 1 aliphatic heterocycles. The van der Waals surface area contributed by atoms with E-state index in [0.29, 0.717) is 42.8 Å². The maximum absolute atomic E-state index is 14.7. The lowest BCUT2D eigenvalue weighted by Gasteiger charge is -2.21. The molecule has 2 aromatic carbocycles. The van der Waals surface area contributed by atoms with Gasteiger partial charge in [-0.3, -0.25) is 9.78 Å². The number of primary sulfonamides is 1. The van der Waals surface area contributed by atoms with Crippen LogP contribution in [0.4, 0.5) is 10.1 Å². The van der Waals surface area contributed by atoms with E-state index in [1.54, 1.807) is 35.4 Å². The summed E-state index contributed by atoms with van der Waals surface area (Å²) in [5.74, 6) is -0.756. The third-order valence-electron chi connectivity index (χ3n) is 6.06. The van der Waals surface area contributed by atoms with Crippen LogP contribution in [-0.4, -0.2) is 25.9 Å². The Morgan fingerprint density at radius 3 is 2.55 bits per heavy atom. The van der Waals surface area contributed by atoms with Gasteiger partial charge in [0.25, 0.3) is 0 Å². The van der Waals surface area contributed by atoms with Gasteiger partial charge < -0.3 is 4.90 Å². The molecule has 3 aromatic rings. The molecule has 1 aromatic heterocycles. The van der Waals surface area contributed by atoms with Crippen LogP contribution >= 0.6 is 0 Å². The molecule has 31 heavy (non-hydrogen) atoms. The Hall–Kier alpha value is -3.10. The molecule has 2 N–H and O–H groups in total. The predicted octanol–water partition coefficient (Wildman–Crippen LogP) is 2.84. The number of fused-ring (bicyclic) bond motifs is 2. The molecule has 0 spiro atoms. The zero-order valence-electron chi connectivity index (χ0n) is 16.6. The summed E-state index contributed by atoms with van der Waals surface area (Å²) in [7, 11) is -3.86. The summed E-state index contributed by atoms with van der Waals surface area (Å²) in [6.45, 7) is 0.489. The highest BCUT2D eigenvalue weighted by Crippen LogP contribution is 2.36. The summed E-state index contributed by atoms with van der Waals surface area (Å²) in [4.78, 5) is 19.2. The van der Waals surface area contributed by atoms with E-state index < -0.39 is 10.0 Å². The highest BCUT2D eigenvalue weighted by molar-refractivity contribution is 7.89. The zero-order valence-corrected chi connectivity index (χ0v) is 17.4. The van der Waals surface area contributed by atoms with Gasteiger partial charge in [-0.1, -0.05) is 12.1 Å². The number of hydrogen-bond donors (Lipinski definition) is 1. The predicted molar refractivity (Wildman–Crippen MR) is 114 cm³/mol. The molecule has 1 amide bonds. The second-order valence-corrected chi connectivity index (χ2v) is 9.56. The van der Waals surface area contributed by atoms with Crippen molar-refractivity contribution in [1.29, 1.82) is 0 Å². The van der Waals surface area contributed by atoms with Crippen molar-refractivity contribution in [1.82, 2.24) is 4.98 Å². The zero-order chi connectivity index (χ0) is 21.8. The quantitative estimate of drug-likeness (QED) is 0.682. The highest BCUT2D eigenvalue weighted by Gasteiger charge is 2.35. The fraction of sp³-hybridized carbons (Fsp3) is 0.217. The summed E-state index contributed by atoms with van der Waals surface area (Å²) in [6.07, 6.45) is 3.24. The van der Waals surface area contributed by atoms with Crippen molar-refractivity contribution in [2.75, 3.05) is 11.4 Å². The first-order valence-electron chi connectivity index (χ1n) is 10.0. The van der Waals surface area contributed by atoms with E-state index in [0.717, 1.165) is 16.7 Å². The lowest BCUT2D eigenvalue weighted by atomic mass is 10.0. The maximum Gasteiger partial charge on any atom is 0.238 e. The van der Waals surface area contributed by atoms with Gasteiger partial charge in [0.15, 0.2) is 0 Å². The number of anilines is 1. The molecule has 0 bridgehead atoms. The topological polar surface area (TPSA) is 93.4 Å². The summed E-state index contributed by atoms with van der Waals surface area (Å²) >= 11 is 0. The fourth-order valence-corrected chi connectivity index (χ4v) is 5.05. The van der Waals surface area contributed by atoms with Gasteiger partial charge in [-0.05, 0) is 72.4 Å². The van der Waals surface area contributed by atoms with Crippen LogP contribution in [0.1, 0.15) is 16.7 Å². The SMILES string of the molecule is NS(=O)(=O)c1ccc2c(c1)N(C(=O)C1Cc3cc(F)c(-c4ccccn4)cc3C1)CC2. The standard InChI is InChI=1S/C23H20FN3O3S/c24-20-12-16-10-17(9-15(16)11-19(20)21-3-1-2-7-26-21)23(28)27-8-6-14-4-5-18(13-22(14)27)31(25,29)30/h1-5,7,11-13,17H,6,8-10H2,(H2,25,29,30). The average molecular weight is 437 g/mol. The number of benzene rings is 2. The van der Waals surface area contributed by atoms with Gasteiger partial charge in [0, 0.05) is 29.9 Å². The fourth-order valence-electron chi connectivity index (χ4n) is 4.52. The van der Waals surface area contributed by atoms with Crippen LogP contribution in [0.3, 0.4) is 0 Å². The van der Waals surface area contributed by atoms with Crippen molar-refractivity contribution in [3.05, 3.63) is 77.2 Å². The number of halogens is 1. The van der Waals surface area contributed by atoms with E-state index in [1.807, 2.05) is 6.07 Å². The van der Waals surface area contributed by atoms with Crippen molar-refractivity contribution in [2.24, 2.45) is 11.1 Å². The monoisotopic (exact) mass is 437 g/mol. The molecule has 1 aliphatic carbocycles. The lowest BCUT2D eigenvalue weighted by Crippen LogP contribution is -2.35. The normalized spacial score (nSPS) is 17.5. The van der Waals surface area contributed by atoms with Crippen molar-refractivity contribution < 1.29 is 17.6 Å². The van der Waals surface area contributed by atoms with Crippen molar-refractivity contribution in [2.45, 2.75) is 24.2 Å². The molecule has 1 atom stereocenters. The Labute approximate surface area is 179 Å². The Morgan fingerprint density at radius 1 is 1.06 bits per heavy atom. The van der Waals surface area contributed by atoms with Crippen LogP contribution in [0.5, 0.6) is 0 Å². The largest absolute Gasteiger partial charge is 0.312 e. The molecule has 8 heteroatoms. The number of amides is 1. The first kappa shape index (κ1) is 19.8. The molecular formula is C23H20FN3O3S. The molecule has 0 saturated carbocycles. The Kier molecular flexibility index (Phi) is 4.64. The smallest absolute Gasteiger partial charge is 0.238 e. The maximum atomic E-state index is 14.7. The van der Waals surface area contributed by atoms with Crippen LogP contribution in [-0.2, 0) is 34.1 Å². The number of pyridine rings is 1. The minimum absolute atomic E-state index is 0.0114. The first-order valence-corrected chi connectivity index (χ1v) is 11.6. The minimum Gasteiger partial charge on any atom is -0.312 e. The van der Waals surface area contributed by atoms with Gasteiger partial charge in [0.05, 0.1) is 10.6 Å². The first-order chi connectivity index (χ1) is 14.8. The van der Waals surface area contributed by atoms with Gasteiger partial charge >= 0.3 is 0 Å². The van der Waals surface area contributed by atoms with Crippen LogP contribution in [0.25, 0.3) is 11.3 Å². The van der Waals surface area contributed by atoms with Gasteiger partial charge in [0.2, 0.25) is 15.9 Å². The number of nitrogens with two attached hydrogens (primary N) is 1. The number of rotatable bonds is 3. The molecule has 5 rings (SSSR count). The van der Waals surface area contributed by atoms with Crippen LogP contribution in [0.15, 0.2) is 59.6 Å². The van der Waals surface area contributed by atoms with Crippen molar-refractivity contribution in [3.8, 4) is 11.3 Å². The molecule has 2 aliphatic rings. The minimum atomic E-state index is -3.86. The lowest BCUT2D eigenvalue weighted by molar-refractivity contribution is -0.122. The molecule has 1 unspecified atom stereocenters. The van der Waals surface area contributed by atoms with Crippen LogP contribution in [0, 0.1) is 11.7 Å². The summed E-state index contributed by atoms with van der Waals surface area (Å²) < 4.78 is 38.2. The van der Waals surface area contributed by atoms with E-state index in [-0.39, 0.29) is 22.5 Å². The van der Waals surface area contributed by atoms with Crippen molar-refractivity contribution in [3.63, 3.8) is 0 Å². The number of aromatic nitrogens is 1. The van der Waals surface area contributed by atoms with Gasteiger partial charge in [-0.15, -0.1) is 0 Å². The molecule has 6 nitrogen and oxygen atoms in total. The van der Waals surface area contributed by atoms with E-state index in [4.69, 9.17) is 5.14 Å². The van der Waals surface area contributed by atoms with E-state index in [9.17, 15) is 17.6 Å². The molecule has 0 fully saturated rings. The molecule has 0 radical (unpaired) electrons. The highest BCUT2D eigenvalue weighted by atomic mass is 32.2. The molecular weight excluding hydrogens is 417 g/mol. The molecule has 0 saturated heterocycles. The van der Waals surface area contributed by atoms with Crippen LogP contribution in [0.2, 0.25) is 0 Å². The number of nitrogens with zero attached hydrogens (tertiary/aromatic N) is 2. The van der Waals surface area contributed by atoms with Crippen LogP contribution < -0.4 is 10.0 Å². The average Bonchev–Trinajstić information content (AvgIpc) is 3.36. The Balaban J connectivity index is 1.42. The number of carbonyl (C=O) groups is 1. The molecule has 2 heterocycles. The summed E-state index contributed by atoms with van der Waals surface area (Å²) in [5, 5.41) is 5.26. The number of sulfonamides is 1. The Bertz CT molecular complexity index is 1310. The van der Waals surface area contributed by atoms with Gasteiger partial charge in [-0.25, -0.2) is 17.9 Å². The summed E-state index contributed by atoms with van der Waals surface area (Å²) in [5.41, 5.74) is 4.26. The van der Waals surface area contributed by atoms with E-state index in [2.05, 4.69) is 4.98 Å². The Morgan fingerprint density at radius 2 is 1.84 bits per heavy atom. The third kappa shape index (κ3) is 3.51. The van der Waals surface area contributed by atoms with E-state index in [1.165, 1.54) is 18.2 Å². The second kappa shape index (κ2) is 7.25. The van der Waals surface area contributed by atoms with E-state index >= 15 is 0 Å². The number of carbonyl (C=O) groups excluding carboxylic acids is 1. The third-order valence-corrected chi connectivity index (χ3v) is 6.97. The number of hydrogen-bond acceptors (Lipinski definition) is 4. The second-order valence-electron chi connectivity index (χ2n) is 8.00. The van der Waals surface area contributed by atoms with Crippen molar-refractivity contribution >= 4 is 21.6 Å². The molecule has 158 valence electrons.